The number of rotatable bonds is 10. The van der Waals surface area contributed by atoms with Crippen LogP contribution in [0.15, 0.2) is 70.8 Å². The van der Waals surface area contributed by atoms with Crippen molar-refractivity contribution in [2.45, 2.75) is 45.1 Å². The Morgan fingerprint density at radius 1 is 1.14 bits per heavy atom. The first-order valence-corrected chi connectivity index (χ1v) is 15.2. The summed E-state index contributed by atoms with van der Waals surface area (Å²) in [6.07, 6.45) is 5.49. The van der Waals surface area contributed by atoms with Gasteiger partial charge in [-0.05, 0) is 55.4 Å². The summed E-state index contributed by atoms with van der Waals surface area (Å²) in [5, 5.41) is 21.1. The third kappa shape index (κ3) is 7.40. The van der Waals surface area contributed by atoms with Crippen molar-refractivity contribution in [3.05, 3.63) is 87.7 Å². The fraction of sp³-hybridized carbons (Fsp3) is 0.406. The molecular weight excluding hydrogens is 567 g/mol. The second-order valence-electron chi connectivity index (χ2n) is 11.1. The number of hydrogen-bond acceptors (Lipinski definition) is 8. The number of para-hydroxylation sites is 2. The summed E-state index contributed by atoms with van der Waals surface area (Å²) in [5.74, 6) is 1.07. The van der Waals surface area contributed by atoms with Gasteiger partial charge in [0.1, 0.15) is 24.3 Å². The zero-order valence-electron chi connectivity index (χ0n) is 24.6. The lowest BCUT2D eigenvalue weighted by atomic mass is 10.1. The van der Waals surface area contributed by atoms with E-state index in [9.17, 15) is 19.8 Å². The van der Waals surface area contributed by atoms with Gasteiger partial charge in [-0.25, -0.2) is 4.98 Å². The van der Waals surface area contributed by atoms with Crippen LogP contribution in [0.1, 0.15) is 37.8 Å². The maximum Gasteiger partial charge on any atom is 0.266 e. The molecule has 0 saturated carbocycles. The molecule has 1 aromatic heterocycles. The van der Waals surface area contributed by atoms with Gasteiger partial charge >= 0.3 is 0 Å². The van der Waals surface area contributed by atoms with Crippen molar-refractivity contribution in [2.24, 2.45) is 0 Å². The zero-order valence-corrected chi connectivity index (χ0v) is 25.7. The number of allylic oxidation sites excluding steroid dienone is 2. The van der Waals surface area contributed by atoms with Gasteiger partial charge in [0.05, 0.1) is 41.9 Å². The van der Waals surface area contributed by atoms with Crippen LogP contribution in [0.2, 0.25) is 0 Å². The molecule has 3 unspecified atom stereocenters. The topological polar surface area (TPSA) is 117 Å². The molecule has 5 rings (SSSR count). The number of aliphatic hydroxyl groups excluding tert-OH is 2. The molecule has 1 amide bonds. The lowest BCUT2D eigenvalue weighted by molar-refractivity contribution is -0.139. The van der Waals surface area contributed by atoms with E-state index in [1.807, 2.05) is 55.2 Å². The van der Waals surface area contributed by atoms with Crippen molar-refractivity contribution >= 4 is 26.0 Å². The smallest absolute Gasteiger partial charge is 0.266 e. The fourth-order valence-corrected chi connectivity index (χ4v) is 5.52. The lowest BCUT2D eigenvalue weighted by Crippen LogP contribution is -2.50. The van der Waals surface area contributed by atoms with Crippen LogP contribution in [0.5, 0.6) is 5.75 Å². The maximum absolute atomic E-state index is 14.1. The Balaban J connectivity index is 1.38. The highest BCUT2D eigenvalue weighted by Gasteiger charge is 2.25. The number of piperazine rings is 1. The second kappa shape index (κ2) is 13.9. The molecule has 2 aromatic carbocycles. The highest BCUT2D eigenvalue weighted by Crippen LogP contribution is 2.26. The number of aromatic nitrogens is 2. The Labute approximate surface area is 253 Å². The Morgan fingerprint density at radius 3 is 2.60 bits per heavy atom. The molecule has 2 N–H and O–H groups in total. The van der Waals surface area contributed by atoms with Gasteiger partial charge in [-0.1, -0.05) is 36.4 Å². The van der Waals surface area contributed by atoms with Gasteiger partial charge in [-0.15, -0.1) is 9.24 Å². The number of nitrogens with zero attached hydrogens (tertiary/aromatic N) is 4. The highest BCUT2D eigenvalue weighted by atomic mass is 31.0. The predicted octanol–water partition coefficient (Wildman–Crippen LogP) is 2.95. The molecule has 43 heavy (non-hydrogen) atoms. The lowest BCUT2D eigenvalue weighted by Gasteiger charge is -2.35. The number of benzene rings is 2. The molecule has 1 aliphatic carbocycles. The summed E-state index contributed by atoms with van der Waals surface area (Å²) < 4.78 is 13.5. The monoisotopic (exact) mass is 606 g/mol. The number of fused-ring (bicyclic) bond motifs is 1. The van der Waals surface area contributed by atoms with E-state index in [1.165, 1.54) is 0 Å². The molecule has 1 aliphatic heterocycles. The first kappa shape index (κ1) is 31.0. The number of hydrogen-bond donors (Lipinski definition) is 2. The van der Waals surface area contributed by atoms with E-state index in [0.29, 0.717) is 66.5 Å². The number of carbonyl (C=O) groups is 1. The van der Waals surface area contributed by atoms with E-state index in [4.69, 9.17) is 14.5 Å². The molecule has 1 saturated heterocycles. The van der Waals surface area contributed by atoms with Crippen LogP contribution in [0, 0.1) is 0 Å². The number of aliphatic hydroxyl groups is 2. The summed E-state index contributed by atoms with van der Waals surface area (Å²) in [6, 6.07) is 12.3. The average Bonchev–Trinajstić information content (AvgIpc) is 3.01. The largest absolute Gasteiger partial charge is 0.489 e. The van der Waals surface area contributed by atoms with Gasteiger partial charge in [0.15, 0.2) is 0 Å². The number of ether oxygens (including phenoxy) is 2. The Kier molecular flexibility index (Phi) is 10.1. The van der Waals surface area contributed by atoms with E-state index in [1.54, 1.807) is 22.8 Å². The normalized spacial score (nSPS) is 18.2. The average molecular weight is 607 g/mol. The SMILES string of the molecule is CC(C)Oc1ccccc1-n1c(CN2CCN(C(=O)COC3C=CC(P)=CC3)CC2)nc2ccc(C(O)CO)cc2c1=O. The first-order chi connectivity index (χ1) is 20.7. The van der Waals surface area contributed by atoms with Crippen molar-refractivity contribution in [1.29, 1.82) is 0 Å². The van der Waals surface area contributed by atoms with Gasteiger partial charge in [-0.3, -0.25) is 19.1 Å². The third-order valence-electron chi connectivity index (χ3n) is 7.59. The van der Waals surface area contributed by atoms with Gasteiger partial charge in [-0.2, -0.15) is 0 Å². The molecule has 0 spiro atoms. The van der Waals surface area contributed by atoms with Crippen molar-refractivity contribution in [3.63, 3.8) is 0 Å². The Hall–Kier alpha value is -3.40. The van der Waals surface area contributed by atoms with E-state index in [0.717, 1.165) is 11.7 Å². The molecule has 11 heteroatoms. The molecule has 3 atom stereocenters. The molecule has 1 fully saturated rings. The summed E-state index contributed by atoms with van der Waals surface area (Å²) in [7, 11) is 2.66. The predicted molar refractivity (Wildman–Crippen MR) is 168 cm³/mol. The van der Waals surface area contributed by atoms with Crippen molar-refractivity contribution in [1.82, 2.24) is 19.4 Å². The Morgan fingerprint density at radius 2 is 1.91 bits per heavy atom. The van der Waals surface area contributed by atoms with Crippen molar-refractivity contribution in [3.8, 4) is 11.4 Å². The molecule has 3 aromatic rings. The van der Waals surface area contributed by atoms with E-state index >= 15 is 0 Å². The summed E-state index contributed by atoms with van der Waals surface area (Å²) in [5.41, 5.74) is 1.22. The van der Waals surface area contributed by atoms with Crippen LogP contribution >= 0.6 is 9.24 Å². The minimum atomic E-state index is -1.10. The number of carbonyl (C=O) groups excluding carboxylic acids is 1. The van der Waals surface area contributed by atoms with Crippen LogP contribution in [0.3, 0.4) is 0 Å². The second-order valence-corrected chi connectivity index (χ2v) is 11.7. The van der Waals surface area contributed by atoms with Gasteiger partial charge < -0.3 is 24.6 Å². The van der Waals surface area contributed by atoms with E-state index in [2.05, 4.69) is 20.2 Å². The van der Waals surface area contributed by atoms with Crippen LogP contribution in [0.4, 0.5) is 0 Å². The van der Waals surface area contributed by atoms with Gasteiger partial charge in [0.25, 0.3) is 5.56 Å². The molecular formula is C32H39N4O6P. The van der Waals surface area contributed by atoms with Gasteiger partial charge in [0.2, 0.25) is 5.91 Å². The fourth-order valence-electron chi connectivity index (χ4n) is 5.28. The first-order valence-electron chi connectivity index (χ1n) is 14.6. The molecule has 2 aliphatic rings. The quantitative estimate of drug-likeness (QED) is 0.339. The standard InChI is InChI=1S/C32H39N4O6P/c1-21(2)42-29-6-4-3-5-27(29)36-30(33-26-12-7-22(28(38)19-37)17-25(26)32(36)40)18-34-13-15-35(16-14-34)31(39)20-41-23-8-10-24(43)11-9-23/h3-8,10-12,17,21,23,28,37-38H,9,13-16,18-20,43H2,1-2H3. The maximum atomic E-state index is 14.1. The van der Waals surface area contributed by atoms with Crippen LogP contribution in [0.25, 0.3) is 16.6 Å². The molecule has 10 nitrogen and oxygen atoms in total. The van der Waals surface area contributed by atoms with Crippen LogP contribution < -0.4 is 10.3 Å². The van der Waals surface area contributed by atoms with E-state index < -0.39 is 12.7 Å². The molecule has 2 heterocycles. The summed E-state index contributed by atoms with van der Waals surface area (Å²) >= 11 is 0. The minimum absolute atomic E-state index is 0.0323. The van der Waals surface area contributed by atoms with Crippen LogP contribution in [-0.4, -0.2) is 87.1 Å². The van der Waals surface area contributed by atoms with Crippen molar-refractivity contribution < 1.29 is 24.5 Å². The van der Waals surface area contributed by atoms with Crippen molar-refractivity contribution in [2.75, 3.05) is 39.4 Å². The molecule has 228 valence electrons. The molecule has 0 radical (unpaired) electrons. The zero-order chi connectivity index (χ0) is 30.5. The number of amides is 1. The van der Waals surface area contributed by atoms with E-state index in [-0.39, 0.29) is 30.3 Å². The minimum Gasteiger partial charge on any atom is -0.489 e. The Bertz CT molecular complexity index is 1580. The summed E-state index contributed by atoms with van der Waals surface area (Å²) in [6.45, 7) is 6.16. The van der Waals surface area contributed by atoms with Gasteiger partial charge in [0, 0.05) is 26.2 Å². The third-order valence-corrected chi connectivity index (χ3v) is 8.02. The molecule has 0 bridgehead atoms. The summed E-state index contributed by atoms with van der Waals surface area (Å²) in [4.78, 5) is 35.8. The van der Waals surface area contributed by atoms with Crippen LogP contribution in [-0.2, 0) is 16.1 Å². The highest BCUT2D eigenvalue weighted by molar-refractivity contribution is 7.22.